The molecule has 0 radical (unpaired) electrons. The quantitative estimate of drug-likeness (QED) is 0.668. The minimum atomic E-state index is 0.392. The number of nitrogens with one attached hydrogen (secondary N) is 1. The third-order valence-corrected chi connectivity index (χ3v) is 2.17. The molecule has 3 aromatic rings. The van der Waals surface area contributed by atoms with E-state index in [9.17, 15) is 0 Å². The molecule has 15 heavy (non-hydrogen) atoms. The number of rotatable bonds is 1. The van der Waals surface area contributed by atoms with Crippen molar-refractivity contribution >= 4 is 17.2 Å². The van der Waals surface area contributed by atoms with Gasteiger partial charge in [0.2, 0.25) is 5.82 Å². The number of aromatic amines is 1. The molecule has 0 bridgehead atoms. The van der Waals surface area contributed by atoms with E-state index in [1.165, 1.54) is 0 Å². The van der Waals surface area contributed by atoms with Gasteiger partial charge in [-0.25, -0.2) is 0 Å². The third kappa shape index (κ3) is 1.26. The van der Waals surface area contributed by atoms with E-state index in [4.69, 9.17) is 11.6 Å². The van der Waals surface area contributed by atoms with Crippen LogP contribution in [0.1, 0.15) is 0 Å². The molecule has 3 aromatic heterocycles. The van der Waals surface area contributed by atoms with Crippen molar-refractivity contribution in [1.29, 1.82) is 0 Å². The zero-order valence-corrected chi connectivity index (χ0v) is 8.18. The lowest BCUT2D eigenvalue weighted by atomic mass is 10.4. The second kappa shape index (κ2) is 3.03. The van der Waals surface area contributed by atoms with Crippen LogP contribution in [0, 0.1) is 0 Å². The summed E-state index contributed by atoms with van der Waals surface area (Å²) >= 11 is 5.80. The van der Waals surface area contributed by atoms with Gasteiger partial charge in [0.05, 0.1) is 0 Å². The lowest BCUT2D eigenvalue weighted by molar-refractivity contribution is 0.925. The number of halogens is 1. The molecule has 7 heteroatoms. The SMILES string of the molecule is Clc1ccc2nnc(-c3ccn[nH]3)n2n1. The average Bonchev–Trinajstić information content (AvgIpc) is 2.83. The van der Waals surface area contributed by atoms with E-state index in [2.05, 4.69) is 25.5 Å². The van der Waals surface area contributed by atoms with E-state index in [1.807, 2.05) is 0 Å². The van der Waals surface area contributed by atoms with Gasteiger partial charge in [0.25, 0.3) is 0 Å². The molecular formula is C8H5ClN6. The van der Waals surface area contributed by atoms with Gasteiger partial charge in [0.1, 0.15) is 10.8 Å². The van der Waals surface area contributed by atoms with Crippen molar-refractivity contribution in [2.75, 3.05) is 0 Å². The Kier molecular flexibility index (Phi) is 1.69. The van der Waals surface area contributed by atoms with Crippen molar-refractivity contribution in [3.05, 3.63) is 29.5 Å². The summed E-state index contributed by atoms with van der Waals surface area (Å²) in [6, 6.07) is 5.21. The van der Waals surface area contributed by atoms with Gasteiger partial charge in [-0.3, -0.25) is 5.10 Å². The van der Waals surface area contributed by atoms with E-state index >= 15 is 0 Å². The maximum atomic E-state index is 5.80. The Balaban J connectivity index is 2.32. The molecule has 0 amide bonds. The van der Waals surface area contributed by atoms with Crippen LogP contribution in [0.4, 0.5) is 0 Å². The van der Waals surface area contributed by atoms with Crippen LogP contribution in [0.15, 0.2) is 24.4 Å². The van der Waals surface area contributed by atoms with Gasteiger partial charge in [-0.15, -0.1) is 10.2 Å². The molecule has 74 valence electrons. The third-order valence-electron chi connectivity index (χ3n) is 1.97. The van der Waals surface area contributed by atoms with Crippen LogP contribution in [0.2, 0.25) is 5.15 Å². The van der Waals surface area contributed by atoms with Crippen LogP contribution >= 0.6 is 11.6 Å². The van der Waals surface area contributed by atoms with Crippen LogP contribution in [-0.4, -0.2) is 30.0 Å². The molecule has 0 aromatic carbocycles. The summed E-state index contributed by atoms with van der Waals surface area (Å²) in [5.41, 5.74) is 1.39. The fraction of sp³-hybridized carbons (Fsp3) is 0. The molecule has 3 heterocycles. The number of aromatic nitrogens is 6. The molecule has 0 aliphatic carbocycles. The van der Waals surface area contributed by atoms with Gasteiger partial charge in [-0.2, -0.15) is 14.7 Å². The summed E-state index contributed by atoms with van der Waals surface area (Å²) in [7, 11) is 0. The molecule has 3 rings (SSSR count). The Bertz CT molecular complexity index is 599. The first-order valence-electron chi connectivity index (χ1n) is 4.22. The van der Waals surface area contributed by atoms with E-state index in [-0.39, 0.29) is 0 Å². The average molecular weight is 221 g/mol. The van der Waals surface area contributed by atoms with Crippen molar-refractivity contribution in [2.24, 2.45) is 0 Å². The zero-order chi connectivity index (χ0) is 10.3. The summed E-state index contributed by atoms with van der Waals surface area (Å²) in [6.45, 7) is 0. The molecule has 0 saturated heterocycles. The fourth-order valence-electron chi connectivity index (χ4n) is 1.31. The van der Waals surface area contributed by atoms with Crippen LogP contribution in [-0.2, 0) is 0 Å². The molecule has 0 atom stereocenters. The van der Waals surface area contributed by atoms with E-state index in [0.29, 0.717) is 16.6 Å². The molecule has 0 spiro atoms. The van der Waals surface area contributed by atoms with Crippen LogP contribution < -0.4 is 0 Å². The van der Waals surface area contributed by atoms with E-state index in [0.717, 1.165) is 5.69 Å². The summed E-state index contributed by atoms with van der Waals surface area (Å²) in [4.78, 5) is 0. The molecule has 0 fully saturated rings. The Morgan fingerprint density at radius 1 is 1.20 bits per heavy atom. The van der Waals surface area contributed by atoms with Crippen molar-refractivity contribution in [2.45, 2.75) is 0 Å². The van der Waals surface area contributed by atoms with Gasteiger partial charge >= 0.3 is 0 Å². The van der Waals surface area contributed by atoms with Crippen molar-refractivity contribution in [1.82, 2.24) is 30.0 Å². The largest absolute Gasteiger partial charge is 0.275 e. The first-order chi connectivity index (χ1) is 7.34. The lowest BCUT2D eigenvalue weighted by Crippen LogP contribution is -1.94. The summed E-state index contributed by atoms with van der Waals surface area (Å²) in [6.07, 6.45) is 1.64. The number of nitrogens with zero attached hydrogens (tertiary/aromatic N) is 5. The second-order valence-electron chi connectivity index (χ2n) is 2.92. The zero-order valence-electron chi connectivity index (χ0n) is 7.42. The molecule has 6 nitrogen and oxygen atoms in total. The standard InChI is InChI=1S/C8H5ClN6/c9-6-1-2-7-12-13-8(15(7)14-6)5-3-4-10-11-5/h1-4H,(H,10,11). The van der Waals surface area contributed by atoms with Crippen molar-refractivity contribution in [3.63, 3.8) is 0 Å². The fourth-order valence-corrected chi connectivity index (χ4v) is 1.45. The normalized spacial score (nSPS) is 11.0. The van der Waals surface area contributed by atoms with Gasteiger partial charge in [-0.1, -0.05) is 11.6 Å². The maximum absolute atomic E-state index is 5.80. The van der Waals surface area contributed by atoms with Gasteiger partial charge < -0.3 is 0 Å². The van der Waals surface area contributed by atoms with Crippen molar-refractivity contribution < 1.29 is 0 Å². The van der Waals surface area contributed by atoms with Crippen LogP contribution in [0.3, 0.4) is 0 Å². The molecule has 0 aliphatic rings. The van der Waals surface area contributed by atoms with Crippen LogP contribution in [0.25, 0.3) is 17.2 Å². The topological polar surface area (TPSA) is 71.8 Å². The van der Waals surface area contributed by atoms with Crippen molar-refractivity contribution in [3.8, 4) is 11.5 Å². The highest BCUT2D eigenvalue weighted by Crippen LogP contribution is 2.15. The second-order valence-corrected chi connectivity index (χ2v) is 3.31. The molecule has 0 aliphatic heterocycles. The summed E-state index contributed by atoms with van der Waals surface area (Å²) < 4.78 is 1.57. The molecular weight excluding hydrogens is 216 g/mol. The number of hydrogen-bond donors (Lipinski definition) is 1. The number of hydrogen-bond acceptors (Lipinski definition) is 4. The minimum absolute atomic E-state index is 0.392. The Morgan fingerprint density at radius 3 is 2.93 bits per heavy atom. The Hall–Kier alpha value is -1.95. The van der Waals surface area contributed by atoms with E-state index in [1.54, 1.807) is 28.9 Å². The smallest absolute Gasteiger partial charge is 0.203 e. The summed E-state index contributed by atoms with van der Waals surface area (Å²) in [5, 5.41) is 19.1. The first kappa shape index (κ1) is 8.37. The predicted octanol–water partition coefficient (Wildman–Crippen LogP) is 1.17. The first-order valence-corrected chi connectivity index (χ1v) is 4.60. The summed E-state index contributed by atoms with van der Waals surface area (Å²) in [5.74, 6) is 0.588. The van der Waals surface area contributed by atoms with Gasteiger partial charge in [0, 0.05) is 6.20 Å². The highest BCUT2D eigenvalue weighted by atomic mass is 35.5. The lowest BCUT2D eigenvalue weighted by Gasteiger charge is -1.95. The predicted molar refractivity (Wildman–Crippen MR) is 53.4 cm³/mol. The van der Waals surface area contributed by atoms with Gasteiger partial charge in [0.15, 0.2) is 5.65 Å². The van der Waals surface area contributed by atoms with E-state index < -0.39 is 0 Å². The minimum Gasteiger partial charge on any atom is -0.275 e. The maximum Gasteiger partial charge on any atom is 0.203 e. The molecule has 1 N–H and O–H groups in total. The van der Waals surface area contributed by atoms with Gasteiger partial charge in [-0.05, 0) is 18.2 Å². The Labute approximate surface area is 88.9 Å². The molecule has 0 unspecified atom stereocenters. The number of H-pyrrole nitrogens is 1. The molecule has 0 saturated carbocycles. The number of fused-ring (bicyclic) bond motifs is 1. The highest BCUT2D eigenvalue weighted by Gasteiger charge is 2.09. The monoisotopic (exact) mass is 220 g/mol. The Morgan fingerprint density at radius 2 is 2.13 bits per heavy atom. The van der Waals surface area contributed by atoms with Crippen LogP contribution in [0.5, 0.6) is 0 Å². The highest BCUT2D eigenvalue weighted by molar-refractivity contribution is 6.29.